The molecular formula is C16H18ClNO. The number of pyridine rings is 1. The Morgan fingerprint density at radius 2 is 1.95 bits per heavy atom. The molecule has 1 aromatic carbocycles. The largest absolute Gasteiger partial charge is 0.493 e. The normalized spacial score (nSPS) is 10.5. The van der Waals surface area contributed by atoms with Gasteiger partial charge in [-0.15, -0.1) is 11.6 Å². The number of rotatable bonds is 5. The summed E-state index contributed by atoms with van der Waals surface area (Å²) in [7, 11) is 0. The number of aromatic nitrogens is 1. The quantitative estimate of drug-likeness (QED) is 0.745. The van der Waals surface area contributed by atoms with Gasteiger partial charge in [0.05, 0.1) is 12.3 Å². The third kappa shape index (κ3) is 3.27. The van der Waals surface area contributed by atoms with Crippen LogP contribution in [0.15, 0.2) is 36.4 Å². The minimum atomic E-state index is 0.493. The molecule has 0 N–H and O–H groups in total. The molecule has 100 valence electrons. The van der Waals surface area contributed by atoms with Crippen LogP contribution >= 0.6 is 11.6 Å². The van der Waals surface area contributed by atoms with Gasteiger partial charge in [-0.05, 0) is 37.1 Å². The lowest BCUT2D eigenvalue weighted by Gasteiger charge is -2.11. The Morgan fingerprint density at radius 1 is 1.16 bits per heavy atom. The van der Waals surface area contributed by atoms with E-state index in [4.69, 9.17) is 16.3 Å². The number of para-hydroxylation sites is 1. The Morgan fingerprint density at radius 3 is 2.63 bits per heavy atom. The lowest BCUT2D eigenvalue weighted by Crippen LogP contribution is -1.98. The molecule has 2 aromatic rings. The number of hydrogen-bond donors (Lipinski definition) is 0. The highest BCUT2D eigenvalue weighted by molar-refractivity contribution is 6.17. The molecule has 2 nitrogen and oxygen atoms in total. The van der Waals surface area contributed by atoms with E-state index in [1.165, 1.54) is 0 Å². The lowest BCUT2D eigenvalue weighted by atomic mass is 10.1. The van der Waals surface area contributed by atoms with Crippen molar-refractivity contribution in [3.63, 3.8) is 0 Å². The van der Waals surface area contributed by atoms with Crippen LogP contribution in [0.4, 0.5) is 0 Å². The summed E-state index contributed by atoms with van der Waals surface area (Å²) in [4.78, 5) is 4.62. The smallest absolute Gasteiger partial charge is 0.128 e. The highest BCUT2D eigenvalue weighted by Crippen LogP contribution is 2.29. The second-order valence-corrected chi connectivity index (χ2v) is 4.69. The predicted molar refractivity (Wildman–Crippen MR) is 79.8 cm³/mol. The molecule has 0 unspecified atom stereocenters. The number of benzene rings is 1. The molecule has 19 heavy (non-hydrogen) atoms. The Hall–Kier alpha value is -1.54. The van der Waals surface area contributed by atoms with Crippen LogP contribution in [0.25, 0.3) is 11.3 Å². The Labute approximate surface area is 119 Å². The van der Waals surface area contributed by atoms with Crippen LogP contribution in [0.1, 0.15) is 24.6 Å². The van der Waals surface area contributed by atoms with Crippen LogP contribution in [0, 0.1) is 6.92 Å². The molecule has 0 amide bonds. The molecule has 0 atom stereocenters. The number of aryl methyl sites for hydroxylation is 1. The maximum Gasteiger partial charge on any atom is 0.128 e. The van der Waals surface area contributed by atoms with Gasteiger partial charge in [0.1, 0.15) is 5.75 Å². The molecule has 0 aliphatic carbocycles. The van der Waals surface area contributed by atoms with Gasteiger partial charge in [0.2, 0.25) is 0 Å². The topological polar surface area (TPSA) is 22.1 Å². The van der Waals surface area contributed by atoms with Crippen molar-refractivity contribution in [2.24, 2.45) is 0 Å². The second kappa shape index (κ2) is 6.58. The zero-order valence-electron chi connectivity index (χ0n) is 11.3. The fraction of sp³-hybridized carbons (Fsp3) is 0.312. The van der Waals surface area contributed by atoms with Gasteiger partial charge in [-0.3, -0.25) is 4.98 Å². The molecule has 1 heterocycles. The highest BCUT2D eigenvalue weighted by atomic mass is 35.5. The summed E-state index contributed by atoms with van der Waals surface area (Å²) in [6, 6.07) is 12.0. The van der Waals surface area contributed by atoms with E-state index in [0.717, 1.165) is 41.3 Å². The fourth-order valence-corrected chi connectivity index (χ4v) is 2.18. The minimum absolute atomic E-state index is 0.493. The highest BCUT2D eigenvalue weighted by Gasteiger charge is 2.08. The van der Waals surface area contributed by atoms with Gasteiger partial charge in [0.25, 0.3) is 0 Å². The van der Waals surface area contributed by atoms with Crippen molar-refractivity contribution >= 4 is 11.6 Å². The van der Waals surface area contributed by atoms with Gasteiger partial charge < -0.3 is 4.74 Å². The average Bonchev–Trinajstić information content (AvgIpc) is 2.45. The standard InChI is InChI=1S/C16H18ClNO/c1-3-10-19-16-7-5-4-6-14(16)15-9-8-13(11-17)12(2)18-15/h4-9H,3,10-11H2,1-2H3. The fourth-order valence-electron chi connectivity index (χ4n) is 1.90. The van der Waals surface area contributed by atoms with Crippen molar-refractivity contribution in [1.82, 2.24) is 4.98 Å². The predicted octanol–water partition coefficient (Wildman–Crippen LogP) is 4.58. The molecule has 0 aliphatic heterocycles. The third-order valence-corrected chi connectivity index (χ3v) is 3.25. The van der Waals surface area contributed by atoms with Crippen molar-refractivity contribution in [3.05, 3.63) is 47.7 Å². The van der Waals surface area contributed by atoms with Crippen LogP contribution < -0.4 is 4.74 Å². The van der Waals surface area contributed by atoms with Gasteiger partial charge in [0.15, 0.2) is 0 Å². The number of alkyl halides is 1. The third-order valence-electron chi connectivity index (χ3n) is 2.96. The van der Waals surface area contributed by atoms with E-state index in [0.29, 0.717) is 5.88 Å². The Balaban J connectivity index is 2.38. The SMILES string of the molecule is CCCOc1ccccc1-c1ccc(CCl)c(C)n1. The first-order valence-corrected chi connectivity index (χ1v) is 7.04. The van der Waals surface area contributed by atoms with Crippen LogP contribution in [0.2, 0.25) is 0 Å². The maximum atomic E-state index is 5.87. The molecular weight excluding hydrogens is 258 g/mol. The molecule has 0 saturated carbocycles. The lowest BCUT2D eigenvalue weighted by molar-refractivity contribution is 0.318. The van der Waals surface area contributed by atoms with Gasteiger partial charge in [-0.1, -0.05) is 25.1 Å². The molecule has 0 saturated heterocycles. The van der Waals surface area contributed by atoms with Crippen molar-refractivity contribution in [2.45, 2.75) is 26.1 Å². The summed E-state index contributed by atoms with van der Waals surface area (Å²) >= 11 is 5.87. The molecule has 0 radical (unpaired) electrons. The van der Waals surface area contributed by atoms with E-state index in [2.05, 4.69) is 11.9 Å². The number of nitrogens with zero attached hydrogens (tertiary/aromatic N) is 1. The van der Waals surface area contributed by atoms with E-state index < -0.39 is 0 Å². The Bertz CT molecular complexity index is 554. The van der Waals surface area contributed by atoms with Crippen molar-refractivity contribution in [2.75, 3.05) is 6.61 Å². The zero-order chi connectivity index (χ0) is 13.7. The van der Waals surface area contributed by atoms with E-state index in [1.807, 2.05) is 43.3 Å². The zero-order valence-corrected chi connectivity index (χ0v) is 12.1. The first kappa shape index (κ1) is 13.9. The summed E-state index contributed by atoms with van der Waals surface area (Å²) < 4.78 is 5.77. The molecule has 3 heteroatoms. The summed E-state index contributed by atoms with van der Waals surface area (Å²) in [6.07, 6.45) is 0.992. The summed E-state index contributed by atoms with van der Waals surface area (Å²) in [5.41, 5.74) is 3.99. The molecule has 0 spiro atoms. The van der Waals surface area contributed by atoms with Crippen molar-refractivity contribution in [1.29, 1.82) is 0 Å². The van der Waals surface area contributed by atoms with Crippen molar-refractivity contribution < 1.29 is 4.74 Å². The number of halogens is 1. The van der Waals surface area contributed by atoms with Gasteiger partial charge in [-0.2, -0.15) is 0 Å². The molecule has 2 rings (SSSR count). The minimum Gasteiger partial charge on any atom is -0.493 e. The van der Waals surface area contributed by atoms with E-state index in [9.17, 15) is 0 Å². The number of hydrogen-bond acceptors (Lipinski definition) is 2. The second-order valence-electron chi connectivity index (χ2n) is 4.42. The van der Waals surface area contributed by atoms with Crippen LogP contribution in [-0.4, -0.2) is 11.6 Å². The summed E-state index contributed by atoms with van der Waals surface area (Å²) in [5, 5.41) is 0. The van der Waals surface area contributed by atoms with Gasteiger partial charge >= 0.3 is 0 Å². The summed E-state index contributed by atoms with van der Waals surface area (Å²) in [5.74, 6) is 1.38. The van der Waals surface area contributed by atoms with E-state index >= 15 is 0 Å². The van der Waals surface area contributed by atoms with E-state index in [-0.39, 0.29) is 0 Å². The molecule has 0 aliphatic rings. The Kier molecular flexibility index (Phi) is 4.80. The molecule has 1 aromatic heterocycles. The van der Waals surface area contributed by atoms with Gasteiger partial charge in [-0.25, -0.2) is 0 Å². The van der Waals surface area contributed by atoms with Crippen LogP contribution in [0.3, 0.4) is 0 Å². The van der Waals surface area contributed by atoms with Crippen molar-refractivity contribution in [3.8, 4) is 17.0 Å². The van der Waals surface area contributed by atoms with Gasteiger partial charge in [0, 0.05) is 17.1 Å². The maximum absolute atomic E-state index is 5.87. The molecule has 0 bridgehead atoms. The first-order valence-electron chi connectivity index (χ1n) is 6.51. The number of ether oxygens (including phenoxy) is 1. The van der Waals surface area contributed by atoms with E-state index in [1.54, 1.807) is 0 Å². The van der Waals surface area contributed by atoms with Crippen LogP contribution in [0.5, 0.6) is 5.75 Å². The molecule has 0 fully saturated rings. The average molecular weight is 276 g/mol. The monoisotopic (exact) mass is 275 g/mol. The van der Waals surface area contributed by atoms with Crippen LogP contribution in [-0.2, 0) is 5.88 Å². The summed E-state index contributed by atoms with van der Waals surface area (Å²) in [6.45, 7) is 4.80. The first-order chi connectivity index (χ1) is 9.26.